The van der Waals surface area contributed by atoms with Crippen LogP contribution in [0.5, 0.6) is 11.5 Å². The van der Waals surface area contributed by atoms with Gasteiger partial charge in [-0.3, -0.25) is 0 Å². The van der Waals surface area contributed by atoms with Crippen molar-refractivity contribution in [1.82, 2.24) is 4.98 Å². The highest BCUT2D eigenvalue weighted by Crippen LogP contribution is 2.37. The molecule has 0 bridgehead atoms. The van der Waals surface area contributed by atoms with E-state index in [0.29, 0.717) is 16.8 Å². The highest BCUT2D eigenvalue weighted by molar-refractivity contribution is 5.81. The third-order valence-electron chi connectivity index (χ3n) is 4.04. The molecule has 0 aliphatic heterocycles. The molecular weight excluding hydrogens is 322 g/mol. The quantitative estimate of drug-likeness (QED) is 0.641. The second-order valence-corrected chi connectivity index (χ2v) is 6.34. The highest BCUT2D eigenvalue weighted by Gasteiger charge is 2.28. The van der Waals surface area contributed by atoms with E-state index in [1.165, 1.54) is 18.2 Å². The van der Waals surface area contributed by atoms with Crippen molar-refractivity contribution in [3.63, 3.8) is 0 Å². The predicted octanol–water partition coefficient (Wildman–Crippen LogP) is 5.41. The number of fused-ring (bicyclic) bond motifs is 1. The molecule has 0 saturated heterocycles. The SMILES string of the molecule is Cc1nc2c(F)cccc2cc1Oc1cccc(F)c1C(C)(C)C#N. The number of hydrogen-bond donors (Lipinski definition) is 0. The van der Waals surface area contributed by atoms with E-state index in [-0.39, 0.29) is 16.8 Å². The predicted molar refractivity (Wildman–Crippen MR) is 91.6 cm³/mol. The molecule has 0 radical (unpaired) electrons. The summed E-state index contributed by atoms with van der Waals surface area (Å²) in [5.74, 6) is -0.295. The lowest BCUT2D eigenvalue weighted by atomic mass is 9.85. The van der Waals surface area contributed by atoms with Gasteiger partial charge in [-0.25, -0.2) is 13.8 Å². The molecule has 1 heterocycles. The second-order valence-electron chi connectivity index (χ2n) is 6.34. The number of rotatable bonds is 3. The van der Waals surface area contributed by atoms with E-state index < -0.39 is 17.0 Å². The van der Waals surface area contributed by atoms with Crippen LogP contribution in [0.3, 0.4) is 0 Å². The maximum absolute atomic E-state index is 14.3. The Morgan fingerprint density at radius 3 is 2.44 bits per heavy atom. The Morgan fingerprint density at radius 2 is 1.72 bits per heavy atom. The minimum Gasteiger partial charge on any atom is -0.455 e. The molecule has 0 N–H and O–H groups in total. The van der Waals surface area contributed by atoms with E-state index in [1.807, 2.05) is 0 Å². The van der Waals surface area contributed by atoms with Crippen molar-refractivity contribution in [3.8, 4) is 17.6 Å². The molecule has 0 unspecified atom stereocenters. The smallest absolute Gasteiger partial charge is 0.149 e. The van der Waals surface area contributed by atoms with Gasteiger partial charge in [-0.15, -0.1) is 0 Å². The van der Waals surface area contributed by atoms with Crippen LogP contribution < -0.4 is 4.74 Å². The summed E-state index contributed by atoms with van der Waals surface area (Å²) in [6.45, 7) is 4.94. The van der Waals surface area contributed by atoms with Crippen molar-refractivity contribution in [2.45, 2.75) is 26.2 Å². The molecule has 25 heavy (non-hydrogen) atoms. The third kappa shape index (κ3) is 3.03. The number of halogens is 2. The number of hydrogen-bond acceptors (Lipinski definition) is 3. The summed E-state index contributed by atoms with van der Waals surface area (Å²) in [5.41, 5.74) is -0.159. The number of ether oxygens (including phenoxy) is 1. The maximum atomic E-state index is 14.3. The van der Waals surface area contributed by atoms with Gasteiger partial charge in [0.1, 0.15) is 28.7 Å². The standard InChI is InChI=1S/C20H16F2N2O/c1-12-17(10-13-6-4-8-15(22)19(13)24-12)25-16-9-5-7-14(21)18(16)20(2,3)11-23/h4-10H,1-3H3. The average Bonchev–Trinajstić information content (AvgIpc) is 2.56. The molecule has 1 aromatic heterocycles. The van der Waals surface area contributed by atoms with Crippen molar-refractivity contribution in [2.75, 3.05) is 0 Å². The summed E-state index contributed by atoms with van der Waals surface area (Å²) >= 11 is 0. The first kappa shape index (κ1) is 16.8. The van der Waals surface area contributed by atoms with E-state index in [2.05, 4.69) is 11.1 Å². The maximum Gasteiger partial charge on any atom is 0.149 e. The van der Waals surface area contributed by atoms with Crippen LogP contribution in [-0.2, 0) is 5.41 Å². The van der Waals surface area contributed by atoms with Gasteiger partial charge >= 0.3 is 0 Å². The van der Waals surface area contributed by atoms with Gasteiger partial charge in [-0.05, 0) is 45.0 Å². The first-order chi connectivity index (χ1) is 11.8. The van der Waals surface area contributed by atoms with Crippen LogP contribution in [0.1, 0.15) is 25.1 Å². The zero-order valence-corrected chi connectivity index (χ0v) is 14.1. The van der Waals surface area contributed by atoms with Gasteiger partial charge in [0.05, 0.1) is 22.7 Å². The van der Waals surface area contributed by atoms with E-state index >= 15 is 0 Å². The van der Waals surface area contributed by atoms with Crippen LogP contribution in [0.4, 0.5) is 8.78 Å². The van der Waals surface area contributed by atoms with E-state index in [9.17, 15) is 14.0 Å². The van der Waals surface area contributed by atoms with Crippen LogP contribution in [-0.4, -0.2) is 4.98 Å². The van der Waals surface area contributed by atoms with E-state index in [1.54, 1.807) is 45.0 Å². The van der Waals surface area contributed by atoms with Gasteiger partial charge in [0.25, 0.3) is 0 Å². The molecule has 0 aliphatic carbocycles. The highest BCUT2D eigenvalue weighted by atomic mass is 19.1. The molecule has 3 rings (SSSR count). The summed E-state index contributed by atoms with van der Waals surface area (Å²) < 4.78 is 34.1. The number of benzene rings is 2. The summed E-state index contributed by atoms with van der Waals surface area (Å²) in [5, 5.41) is 9.94. The van der Waals surface area contributed by atoms with Crippen LogP contribution in [0, 0.1) is 29.9 Å². The van der Waals surface area contributed by atoms with Crippen LogP contribution >= 0.6 is 0 Å². The molecule has 0 amide bonds. The minimum absolute atomic E-state index is 0.177. The molecular formula is C20H16F2N2O. The molecule has 0 spiro atoms. The van der Waals surface area contributed by atoms with Gasteiger partial charge in [-0.1, -0.05) is 18.2 Å². The number of aromatic nitrogens is 1. The molecule has 0 atom stereocenters. The molecule has 3 nitrogen and oxygen atoms in total. The van der Waals surface area contributed by atoms with Gasteiger partial charge in [0.15, 0.2) is 0 Å². The summed E-state index contributed by atoms with van der Waals surface area (Å²) in [6, 6.07) is 12.8. The van der Waals surface area contributed by atoms with E-state index in [0.717, 1.165) is 0 Å². The molecule has 0 saturated carbocycles. The second kappa shape index (κ2) is 6.14. The summed E-state index contributed by atoms with van der Waals surface area (Å²) in [4.78, 5) is 4.25. The summed E-state index contributed by atoms with van der Waals surface area (Å²) in [7, 11) is 0. The fourth-order valence-electron chi connectivity index (χ4n) is 2.71. The lowest BCUT2D eigenvalue weighted by Crippen LogP contribution is -2.17. The molecule has 0 aliphatic rings. The van der Waals surface area contributed by atoms with Crippen LogP contribution in [0.2, 0.25) is 0 Å². The number of nitrogens with zero attached hydrogens (tertiary/aromatic N) is 2. The van der Waals surface area contributed by atoms with Gasteiger partial charge in [0.2, 0.25) is 0 Å². The van der Waals surface area contributed by atoms with Crippen molar-refractivity contribution < 1.29 is 13.5 Å². The first-order valence-corrected chi connectivity index (χ1v) is 7.77. The lowest BCUT2D eigenvalue weighted by molar-refractivity contribution is 0.447. The third-order valence-corrected chi connectivity index (χ3v) is 4.04. The van der Waals surface area contributed by atoms with Gasteiger partial charge < -0.3 is 4.74 Å². The van der Waals surface area contributed by atoms with Crippen molar-refractivity contribution in [3.05, 3.63) is 65.4 Å². The molecule has 2 aromatic carbocycles. The number of aryl methyl sites for hydroxylation is 1. The van der Waals surface area contributed by atoms with E-state index in [4.69, 9.17) is 4.74 Å². The molecule has 0 fully saturated rings. The van der Waals surface area contributed by atoms with Crippen LogP contribution in [0.15, 0.2) is 42.5 Å². The van der Waals surface area contributed by atoms with Crippen molar-refractivity contribution in [2.24, 2.45) is 0 Å². The Balaban J connectivity index is 2.13. The number of nitriles is 1. The van der Waals surface area contributed by atoms with Crippen molar-refractivity contribution in [1.29, 1.82) is 5.26 Å². The normalized spacial score (nSPS) is 11.4. The fraction of sp³-hybridized carbons (Fsp3) is 0.200. The largest absolute Gasteiger partial charge is 0.455 e. The number of pyridine rings is 1. The Hall–Kier alpha value is -3.00. The summed E-state index contributed by atoms with van der Waals surface area (Å²) in [6.07, 6.45) is 0. The lowest BCUT2D eigenvalue weighted by Gasteiger charge is -2.21. The van der Waals surface area contributed by atoms with Gasteiger partial charge in [-0.2, -0.15) is 5.26 Å². The molecule has 3 aromatic rings. The van der Waals surface area contributed by atoms with Crippen molar-refractivity contribution >= 4 is 10.9 Å². The Kier molecular flexibility index (Phi) is 4.13. The zero-order valence-electron chi connectivity index (χ0n) is 14.1. The Labute approximate surface area is 144 Å². The molecule has 126 valence electrons. The number of para-hydroxylation sites is 1. The minimum atomic E-state index is -1.06. The monoisotopic (exact) mass is 338 g/mol. The average molecular weight is 338 g/mol. The van der Waals surface area contributed by atoms with Crippen LogP contribution in [0.25, 0.3) is 10.9 Å². The Morgan fingerprint density at radius 1 is 1.04 bits per heavy atom. The topological polar surface area (TPSA) is 45.9 Å². The molecule has 5 heteroatoms. The fourth-order valence-corrected chi connectivity index (χ4v) is 2.71. The Bertz CT molecular complexity index is 1010. The van der Waals surface area contributed by atoms with Gasteiger partial charge in [0, 0.05) is 5.39 Å². The first-order valence-electron chi connectivity index (χ1n) is 7.77. The zero-order chi connectivity index (χ0) is 18.2.